The van der Waals surface area contributed by atoms with Crippen molar-refractivity contribution in [2.45, 2.75) is 6.54 Å². The van der Waals surface area contributed by atoms with Crippen molar-refractivity contribution in [2.24, 2.45) is 0 Å². The number of fused-ring (bicyclic) bond motifs is 3. The molecule has 0 saturated carbocycles. The number of carbonyl (C=O) groups is 1. The molecule has 2 heterocycles. The Morgan fingerprint density at radius 1 is 1.24 bits per heavy atom. The van der Waals surface area contributed by atoms with E-state index < -0.39 is 0 Å². The molecule has 3 nitrogen and oxygen atoms in total. The molecule has 0 atom stereocenters. The van der Waals surface area contributed by atoms with Crippen LogP contribution >= 0.6 is 23.2 Å². The third-order valence-electron chi connectivity index (χ3n) is 3.18. The number of rotatable bonds is 0. The molecule has 1 aromatic carbocycles. The lowest BCUT2D eigenvalue weighted by Gasteiger charge is -2.25. The smallest absolute Gasteiger partial charge is 0.270 e. The van der Waals surface area contributed by atoms with Gasteiger partial charge in [0.05, 0.1) is 15.6 Å². The van der Waals surface area contributed by atoms with Gasteiger partial charge in [0.15, 0.2) is 0 Å². The van der Waals surface area contributed by atoms with Crippen molar-refractivity contribution < 1.29 is 4.79 Å². The molecule has 1 amide bonds. The minimum absolute atomic E-state index is 0.0274. The second-order valence-corrected chi connectivity index (χ2v) is 4.99. The lowest BCUT2D eigenvalue weighted by molar-refractivity contribution is 0.0751. The summed E-state index contributed by atoms with van der Waals surface area (Å²) in [6, 6.07) is 5.52. The van der Waals surface area contributed by atoms with Crippen molar-refractivity contribution in [3.05, 3.63) is 33.9 Å². The van der Waals surface area contributed by atoms with Gasteiger partial charge in [-0.25, -0.2) is 0 Å². The molecule has 88 valence electrons. The molecule has 0 fully saturated rings. The third-order valence-corrected chi connectivity index (χ3v) is 3.97. The first-order chi connectivity index (χ1) is 8.09. The highest BCUT2D eigenvalue weighted by atomic mass is 35.5. The summed E-state index contributed by atoms with van der Waals surface area (Å²) in [6.45, 7) is 1.44. The second-order valence-electron chi connectivity index (χ2n) is 4.21. The van der Waals surface area contributed by atoms with Gasteiger partial charge in [-0.3, -0.25) is 4.79 Å². The molecule has 1 aromatic heterocycles. The Hall–Kier alpha value is -1.19. The fraction of sp³-hybridized carbons (Fsp3) is 0.250. The van der Waals surface area contributed by atoms with Gasteiger partial charge in [0, 0.05) is 25.5 Å². The van der Waals surface area contributed by atoms with E-state index in [4.69, 9.17) is 23.2 Å². The molecule has 3 rings (SSSR count). The number of likely N-dealkylation sites (N-methyl/N-ethyl adjacent to an activating group) is 1. The number of nitrogens with zero attached hydrogens (tertiary/aromatic N) is 2. The van der Waals surface area contributed by atoms with Crippen molar-refractivity contribution in [1.82, 2.24) is 9.47 Å². The molecule has 0 unspecified atom stereocenters. The van der Waals surface area contributed by atoms with Crippen LogP contribution in [0.3, 0.4) is 0 Å². The predicted molar refractivity (Wildman–Crippen MR) is 68.9 cm³/mol. The van der Waals surface area contributed by atoms with E-state index in [2.05, 4.69) is 0 Å². The first kappa shape index (κ1) is 10.9. The van der Waals surface area contributed by atoms with E-state index in [9.17, 15) is 4.79 Å². The summed E-state index contributed by atoms with van der Waals surface area (Å²) in [5.74, 6) is 0.0274. The molecule has 0 spiro atoms. The Kier molecular flexibility index (Phi) is 2.35. The van der Waals surface area contributed by atoms with E-state index >= 15 is 0 Å². The lowest BCUT2D eigenvalue weighted by atomic mass is 10.2. The fourth-order valence-corrected chi connectivity index (χ4v) is 2.67. The van der Waals surface area contributed by atoms with Crippen LogP contribution in [0.4, 0.5) is 0 Å². The van der Waals surface area contributed by atoms with Gasteiger partial charge in [-0.15, -0.1) is 0 Å². The SMILES string of the molecule is CN1CCn2c(cc3ccc(Cl)c(Cl)c32)C1=O. The largest absolute Gasteiger partial charge is 0.339 e. The topological polar surface area (TPSA) is 25.2 Å². The number of benzene rings is 1. The van der Waals surface area contributed by atoms with E-state index in [1.165, 1.54) is 0 Å². The number of halogens is 2. The lowest BCUT2D eigenvalue weighted by Crippen LogP contribution is -2.36. The Morgan fingerprint density at radius 3 is 2.76 bits per heavy atom. The Balaban J connectivity index is 2.36. The van der Waals surface area contributed by atoms with Gasteiger partial charge in [-0.1, -0.05) is 29.3 Å². The highest BCUT2D eigenvalue weighted by Gasteiger charge is 2.25. The molecule has 0 radical (unpaired) electrons. The van der Waals surface area contributed by atoms with Crippen LogP contribution in [-0.4, -0.2) is 29.0 Å². The van der Waals surface area contributed by atoms with Crippen LogP contribution in [0.25, 0.3) is 10.9 Å². The molecule has 0 saturated heterocycles. The van der Waals surface area contributed by atoms with Crippen LogP contribution in [0.5, 0.6) is 0 Å². The molecule has 1 aliphatic rings. The van der Waals surface area contributed by atoms with Crippen molar-refractivity contribution >= 4 is 40.0 Å². The summed E-state index contributed by atoms with van der Waals surface area (Å²) in [7, 11) is 1.80. The minimum Gasteiger partial charge on any atom is -0.339 e. The van der Waals surface area contributed by atoms with Crippen LogP contribution in [0.1, 0.15) is 10.5 Å². The maximum Gasteiger partial charge on any atom is 0.270 e. The zero-order valence-corrected chi connectivity index (χ0v) is 10.7. The van der Waals surface area contributed by atoms with Gasteiger partial charge >= 0.3 is 0 Å². The first-order valence-electron chi connectivity index (χ1n) is 5.32. The number of hydrogen-bond acceptors (Lipinski definition) is 1. The molecule has 2 aromatic rings. The van der Waals surface area contributed by atoms with E-state index in [-0.39, 0.29) is 5.91 Å². The highest BCUT2D eigenvalue weighted by Crippen LogP contribution is 2.34. The van der Waals surface area contributed by atoms with E-state index in [1.54, 1.807) is 18.0 Å². The van der Waals surface area contributed by atoms with Crippen molar-refractivity contribution in [3.63, 3.8) is 0 Å². The first-order valence-corrected chi connectivity index (χ1v) is 6.08. The van der Waals surface area contributed by atoms with Crippen molar-refractivity contribution in [3.8, 4) is 0 Å². The van der Waals surface area contributed by atoms with Crippen LogP contribution < -0.4 is 0 Å². The molecule has 5 heteroatoms. The van der Waals surface area contributed by atoms with Crippen LogP contribution in [-0.2, 0) is 6.54 Å². The number of aromatic nitrogens is 1. The summed E-state index contributed by atoms with van der Waals surface area (Å²) in [5, 5.41) is 2.00. The van der Waals surface area contributed by atoms with E-state index in [1.807, 2.05) is 16.7 Å². The average molecular weight is 269 g/mol. The van der Waals surface area contributed by atoms with Gasteiger partial charge in [0.1, 0.15) is 5.69 Å². The summed E-state index contributed by atoms with van der Waals surface area (Å²) < 4.78 is 1.95. The Bertz CT molecular complexity index is 633. The Labute approximate surface area is 109 Å². The summed E-state index contributed by atoms with van der Waals surface area (Å²) in [6.07, 6.45) is 0. The third kappa shape index (κ3) is 1.46. The summed E-state index contributed by atoms with van der Waals surface area (Å²) in [4.78, 5) is 13.7. The number of hydrogen-bond donors (Lipinski definition) is 0. The quantitative estimate of drug-likeness (QED) is 0.721. The molecule has 17 heavy (non-hydrogen) atoms. The van der Waals surface area contributed by atoms with Crippen LogP contribution in [0, 0.1) is 0 Å². The molecule has 0 N–H and O–H groups in total. The van der Waals surface area contributed by atoms with Crippen molar-refractivity contribution in [1.29, 1.82) is 0 Å². The molecular weight excluding hydrogens is 259 g/mol. The zero-order chi connectivity index (χ0) is 12.2. The molecular formula is C12H10Cl2N2O. The summed E-state index contributed by atoms with van der Waals surface area (Å²) in [5.41, 5.74) is 1.54. The van der Waals surface area contributed by atoms with Gasteiger partial charge in [-0.2, -0.15) is 0 Å². The zero-order valence-electron chi connectivity index (χ0n) is 9.20. The average Bonchev–Trinajstić information content (AvgIpc) is 2.69. The monoisotopic (exact) mass is 268 g/mol. The Morgan fingerprint density at radius 2 is 2.00 bits per heavy atom. The minimum atomic E-state index is 0.0274. The molecule has 1 aliphatic heterocycles. The molecule has 0 aliphatic carbocycles. The predicted octanol–water partition coefficient (Wildman–Crippen LogP) is 3.03. The van der Waals surface area contributed by atoms with E-state index in [0.29, 0.717) is 22.3 Å². The van der Waals surface area contributed by atoms with Gasteiger partial charge in [0.25, 0.3) is 5.91 Å². The van der Waals surface area contributed by atoms with Crippen LogP contribution in [0.2, 0.25) is 10.0 Å². The number of carbonyl (C=O) groups excluding carboxylic acids is 1. The fourth-order valence-electron chi connectivity index (χ4n) is 2.25. The van der Waals surface area contributed by atoms with Gasteiger partial charge in [0.2, 0.25) is 0 Å². The maximum absolute atomic E-state index is 12.0. The van der Waals surface area contributed by atoms with Crippen LogP contribution in [0.15, 0.2) is 18.2 Å². The maximum atomic E-state index is 12.0. The number of amides is 1. The van der Waals surface area contributed by atoms with Gasteiger partial charge < -0.3 is 9.47 Å². The highest BCUT2D eigenvalue weighted by molar-refractivity contribution is 6.45. The standard InChI is InChI=1S/C12H10Cl2N2O/c1-15-4-5-16-9(12(15)17)6-7-2-3-8(13)10(14)11(7)16/h2-3,6H,4-5H2,1H3. The normalized spacial score (nSPS) is 15.5. The molecule has 0 bridgehead atoms. The summed E-state index contributed by atoms with van der Waals surface area (Å²) >= 11 is 12.2. The van der Waals surface area contributed by atoms with E-state index in [0.717, 1.165) is 17.4 Å². The van der Waals surface area contributed by atoms with Gasteiger partial charge in [-0.05, 0) is 12.1 Å². The van der Waals surface area contributed by atoms with Crippen molar-refractivity contribution in [2.75, 3.05) is 13.6 Å². The second kappa shape index (κ2) is 3.65.